The lowest BCUT2D eigenvalue weighted by Crippen LogP contribution is -2.27. The Hall–Kier alpha value is -1.64. The van der Waals surface area contributed by atoms with E-state index in [0.717, 1.165) is 16.8 Å². The molecule has 3 heteroatoms. The summed E-state index contributed by atoms with van der Waals surface area (Å²) in [5.74, 6) is 0.794. The maximum Gasteiger partial charge on any atom is 0.234 e. The number of carbonyl (C=O) groups excluding carboxylic acids is 2. The highest BCUT2D eigenvalue weighted by Gasteiger charge is 2.38. The number of Topliss-reactive ketones (excluding diaryl/α,β-unsaturated/α-hetero) is 1. The molecule has 0 unspecified atom stereocenters. The zero-order valence-electron chi connectivity index (χ0n) is 11.5. The van der Waals surface area contributed by atoms with Crippen LogP contribution >= 0.6 is 0 Å². The minimum atomic E-state index is -0.540. The Morgan fingerprint density at radius 2 is 2.11 bits per heavy atom. The summed E-state index contributed by atoms with van der Waals surface area (Å²) in [5, 5.41) is 2.87. The quantitative estimate of drug-likeness (QED) is 0.844. The molecule has 0 bridgehead atoms. The van der Waals surface area contributed by atoms with Crippen LogP contribution in [0.4, 0.5) is 5.69 Å². The maximum absolute atomic E-state index is 12.2. The largest absolute Gasteiger partial charge is 0.325 e. The molecule has 2 aliphatic rings. The topological polar surface area (TPSA) is 46.2 Å². The highest BCUT2D eigenvalue weighted by Crippen LogP contribution is 2.38. The van der Waals surface area contributed by atoms with E-state index < -0.39 is 5.41 Å². The van der Waals surface area contributed by atoms with Crippen molar-refractivity contribution >= 4 is 17.4 Å². The summed E-state index contributed by atoms with van der Waals surface area (Å²) in [7, 11) is 0. The van der Waals surface area contributed by atoms with Crippen molar-refractivity contribution < 1.29 is 9.59 Å². The van der Waals surface area contributed by atoms with Gasteiger partial charge in [0.05, 0.1) is 5.41 Å². The first kappa shape index (κ1) is 12.4. The van der Waals surface area contributed by atoms with E-state index in [9.17, 15) is 9.59 Å². The molecule has 100 valence electrons. The van der Waals surface area contributed by atoms with Crippen molar-refractivity contribution in [2.45, 2.75) is 44.9 Å². The highest BCUT2D eigenvalue weighted by atomic mass is 16.2. The SMILES string of the molecule is CC1(C)C(=O)Nc2ccc(C(=O)CC3CCC3)cc21. The molecular formula is C16H19NO2. The van der Waals surface area contributed by atoms with Crippen LogP contribution in [0.5, 0.6) is 0 Å². The lowest BCUT2D eigenvalue weighted by atomic mass is 9.80. The third kappa shape index (κ3) is 1.97. The molecule has 0 spiro atoms. The molecular weight excluding hydrogens is 238 g/mol. The molecule has 1 fully saturated rings. The zero-order valence-corrected chi connectivity index (χ0v) is 11.5. The van der Waals surface area contributed by atoms with Crippen molar-refractivity contribution in [3.05, 3.63) is 29.3 Å². The molecule has 1 heterocycles. The van der Waals surface area contributed by atoms with E-state index in [2.05, 4.69) is 5.32 Å². The molecule has 3 rings (SSSR count). The van der Waals surface area contributed by atoms with Gasteiger partial charge >= 0.3 is 0 Å². The standard InChI is InChI=1S/C16H19NO2/c1-16(2)12-9-11(6-7-13(12)17-15(16)19)14(18)8-10-4-3-5-10/h6-7,9-10H,3-5,8H2,1-2H3,(H,17,19). The molecule has 1 aromatic carbocycles. The van der Waals surface area contributed by atoms with E-state index in [4.69, 9.17) is 0 Å². The van der Waals surface area contributed by atoms with Gasteiger partial charge in [0.25, 0.3) is 0 Å². The molecule has 1 N–H and O–H groups in total. The number of nitrogens with one attached hydrogen (secondary N) is 1. The highest BCUT2D eigenvalue weighted by molar-refractivity contribution is 6.07. The molecule has 0 radical (unpaired) electrons. The fourth-order valence-electron chi connectivity index (χ4n) is 2.82. The van der Waals surface area contributed by atoms with Crippen LogP contribution in [0.15, 0.2) is 18.2 Å². The average Bonchev–Trinajstić information content (AvgIpc) is 2.55. The van der Waals surface area contributed by atoms with Gasteiger partial charge in [-0.15, -0.1) is 0 Å². The minimum Gasteiger partial charge on any atom is -0.325 e. The van der Waals surface area contributed by atoms with Gasteiger partial charge in [-0.1, -0.05) is 19.3 Å². The number of anilines is 1. The second-order valence-electron chi connectivity index (χ2n) is 6.26. The van der Waals surface area contributed by atoms with Gasteiger partial charge in [0.1, 0.15) is 0 Å². The Morgan fingerprint density at radius 1 is 1.37 bits per heavy atom. The van der Waals surface area contributed by atoms with Crippen LogP contribution in [0.3, 0.4) is 0 Å². The van der Waals surface area contributed by atoms with Crippen LogP contribution in [-0.2, 0) is 10.2 Å². The fourth-order valence-corrected chi connectivity index (χ4v) is 2.82. The predicted molar refractivity (Wildman–Crippen MR) is 74.4 cm³/mol. The average molecular weight is 257 g/mol. The molecule has 0 aromatic heterocycles. The lowest BCUT2D eigenvalue weighted by Gasteiger charge is -2.24. The van der Waals surface area contributed by atoms with E-state index in [0.29, 0.717) is 12.3 Å². The van der Waals surface area contributed by atoms with Crippen LogP contribution in [-0.4, -0.2) is 11.7 Å². The number of hydrogen-bond acceptors (Lipinski definition) is 2. The van der Waals surface area contributed by atoms with Gasteiger partial charge in [-0.05, 0) is 43.5 Å². The maximum atomic E-state index is 12.2. The Labute approximate surface area is 113 Å². The van der Waals surface area contributed by atoms with Crippen molar-refractivity contribution in [2.75, 3.05) is 5.32 Å². The van der Waals surface area contributed by atoms with Gasteiger partial charge in [0, 0.05) is 17.7 Å². The monoisotopic (exact) mass is 257 g/mol. The number of ketones is 1. The smallest absolute Gasteiger partial charge is 0.234 e. The van der Waals surface area contributed by atoms with Crippen LogP contribution in [0.1, 0.15) is 55.5 Å². The number of carbonyl (C=O) groups is 2. The molecule has 0 atom stereocenters. The Balaban J connectivity index is 1.87. The number of fused-ring (bicyclic) bond motifs is 1. The van der Waals surface area contributed by atoms with Gasteiger partial charge in [-0.2, -0.15) is 0 Å². The fraction of sp³-hybridized carbons (Fsp3) is 0.500. The van der Waals surface area contributed by atoms with E-state index in [-0.39, 0.29) is 11.7 Å². The Morgan fingerprint density at radius 3 is 2.74 bits per heavy atom. The second-order valence-corrected chi connectivity index (χ2v) is 6.26. The molecule has 19 heavy (non-hydrogen) atoms. The molecule has 3 nitrogen and oxygen atoms in total. The first-order chi connectivity index (χ1) is 8.98. The molecule has 1 amide bonds. The number of amides is 1. The summed E-state index contributed by atoms with van der Waals surface area (Å²) < 4.78 is 0. The third-order valence-corrected chi connectivity index (χ3v) is 4.53. The van der Waals surface area contributed by atoms with Crippen molar-refractivity contribution in [1.82, 2.24) is 0 Å². The summed E-state index contributed by atoms with van der Waals surface area (Å²) in [6.45, 7) is 3.79. The Bertz CT molecular complexity index is 556. The molecule has 1 aromatic rings. The van der Waals surface area contributed by atoms with Gasteiger partial charge in [-0.3, -0.25) is 9.59 Å². The van der Waals surface area contributed by atoms with E-state index in [1.165, 1.54) is 19.3 Å². The van der Waals surface area contributed by atoms with Gasteiger partial charge in [-0.25, -0.2) is 0 Å². The van der Waals surface area contributed by atoms with Crippen molar-refractivity contribution in [2.24, 2.45) is 5.92 Å². The normalized spacial score (nSPS) is 20.6. The van der Waals surface area contributed by atoms with Crippen LogP contribution in [0.2, 0.25) is 0 Å². The predicted octanol–water partition coefficient (Wildman–Crippen LogP) is 3.29. The Kier molecular flexibility index (Phi) is 2.73. The first-order valence-electron chi connectivity index (χ1n) is 6.97. The first-order valence-corrected chi connectivity index (χ1v) is 6.97. The third-order valence-electron chi connectivity index (χ3n) is 4.53. The summed E-state index contributed by atoms with van der Waals surface area (Å²) in [5.41, 5.74) is 1.99. The van der Waals surface area contributed by atoms with Crippen molar-refractivity contribution in [1.29, 1.82) is 0 Å². The lowest BCUT2D eigenvalue weighted by molar-refractivity contribution is -0.119. The van der Waals surface area contributed by atoms with Gasteiger partial charge in [0.15, 0.2) is 5.78 Å². The van der Waals surface area contributed by atoms with E-state index in [1.54, 1.807) is 0 Å². The minimum absolute atomic E-state index is 0.00564. The van der Waals surface area contributed by atoms with E-state index >= 15 is 0 Å². The van der Waals surface area contributed by atoms with Crippen LogP contribution in [0, 0.1) is 5.92 Å². The number of hydrogen-bond donors (Lipinski definition) is 1. The zero-order chi connectivity index (χ0) is 13.6. The number of benzene rings is 1. The molecule has 1 aliphatic carbocycles. The van der Waals surface area contributed by atoms with Gasteiger partial charge < -0.3 is 5.32 Å². The summed E-state index contributed by atoms with van der Waals surface area (Å²) in [4.78, 5) is 24.1. The summed E-state index contributed by atoms with van der Waals surface area (Å²) in [6, 6.07) is 5.59. The number of rotatable bonds is 3. The van der Waals surface area contributed by atoms with Crippen LogP contribution < -0.4 is 5.32 Å². The van der Waals surface area contributed by atoms with E-state index in [1.807, 2.05) is 32.0 Å². The molecule has 1 aliphatic heterocycles. The van der Waals surface area contributed by atoms with Crippen molar-refractivity contribution in [3.8, 4) is 0 Å². The summed E-state index contributed by atoms with van der Waals surface area (Å²) >= 11 is 0. The summed E-state index contributed by atoms with van der Waals surface area (Å²) in [6.07, 6.45) is 4.28. The van der Waals surface area contributed by atoms with Crippen molar-refractivity contribution in [3.63, 3.8) is 0 Å². The second kappa shape index (κ2) is 4.19. The van der Waals surface area contributed by atoms with Crippen LogP contribution in [0.25, 0.3) is 0 Å². The molecule has 1 saturated carbocycles. The molecule has 0 saturated heterocycles. The van der Waals surface area contributed by atoms with Gasteiger partial charge in [0.2, 0.25) is 5.91 Å².